The molecule has 1 heterocycles. The van der Waals surface area contributed by atoms with E-state index in [2.05, 4.69) is 24.4 Å². The fraction of sp³-hybridized carbons (Fsp3) is 0.583. The largest absolute Gasteiger partial charge is 0.372 e. The summed E-state index contributed by atoms with van der Waals surface area (Å²) < 4.78 is 5.04. The van der Waals surface area contributed by atoms with Crippen LogP contribution >= 0.6 is 11.3 Å². The fourth-order valence-electron chi connectivity index (χ4n) is 1.46. The van der Waals surface area contributed by atoms with Gasteiger partial charge in [0.05, 0.1) is 0 Å². The standard InChI is InChI=1S/C12H19NO2S/c1-4-15-8-12(14)13-9(2)7-11-6-5-10(3)16-11/h5-6,9H,4,7-8H2,1-3H3,(H,13,14). The van der Waals surface area contributed by atoms with Gasteiger partial charge < -0.3 is 10.1 Å². The smallest absolute Gasteiger partial charge is 0.246 e. The molecular weight excluding hydrogens is 222 g/mol. The Hall–Kier alpha value is -0.870. The van der Waals surface area contributed by atoms with E-state index in [9.17, 15) is 4.79 Å². The zero-order valence-corrected chi connectivity index (χ0v) is 10.9. The topological polar surface area (TPSA) is 38.3 Å². The minimum atomic E-state index is -0.0392. The average molecular weight is 241 g/mol. The number of aryl methyl sites for hydroxylation is 1. The first kappa shape index (κ1) is 13.2. The van der Waals surface area contributed by atoms with Crippen LogP contribution in [-0.4, -0.2) is 25.2 Å². The molecule has 1 atom stereocenters. The summed E-state index contributed by atoms with van der Waals surface area (Å²) in [5.41, 5.74) is 0. The molecule has 0 spiro atoms. The Morgan fingerprint density at radius 2 is 2.31 bits per heavy atom. The molecule has 1 aromatic rings. The van der Waals surface area contributed by atoms with Crippen molar-refractivity contribution in [2.75, 3.05) is 13.2 Å². The lowest BCUT2D eigenvalue weighted by Crippen LogP contribution is -2.36. The lowest BCUT2D eigenvalue weighted by atomic mass is 10.2. The summed E-state index contributed by atoms with van der Waals surface area (Å²) in [4.78, 5) is 14.0. The Bertz CT molecular complexity index is 336. The molecule has 1 aromatic heterocycles. The quantitative estimate of drug-likeness (QED) is 0.828. The van der Waals surface area contributed by atoms with Gasteiger partial charge in [0.25, 0.3) is 0 Å². The maximum atomic E-state index is 11.4. The molecule has 0 saturated carbocycles. The van der Waals surface area contributed by atoms with Gasteiger partial charge in [-0.1, -0.05) is 0 Å². The van der Waals surface area contributed by atoms with Crippen molar-refractivity contribution >= 4 is 17.2 Å². The van der Waals surface area contributed by atoms with Crippen molar-refractivity contribution in [3.8, 4) is 0 Å². The van der Waals surface area contributed by atoms with E-state index in [0.717, 1.165) is 6.42 Å². The van der Waals surface area contributed by atoms with Gasteiger partial charge in [0.1, 0.15) is 6.61 Å². The first-order chi connectivity index (χ1) is 7.61. The van der Waals surface area contributed by atoms with E-state index >= 15 is 0 Å². The van der Waals surface area contributed by atoms with Gasteiger partial charge >= 0.3 is 0 Å². The molecule has 0 bridgehead atoms. The molecule has 1 amide bonds. The van der Waals surface area contributed by atoms with Gasteiger partial charge in [-0.05, 0) is 32.9 Å². The number of hydrogen-bond acceptors (Lipinski definition) is 3. The number of carbonyl (C=O) groups is 1. The van der Waals surface area contributed by atoms with Crippen LogP contribution in [0.4, 0.5) is 0 Å². The van der Waals surface area contributed by atoms with Gasteiger partial charge in [-0.3, -0.25) is 4.79 Å². The van der Waals surface area contributed by atoms with E-state index in [1.54, 1.807) is 11.3 Å². The van der Waals surface area contributed by atoms with Gasteiger partial charge in [0, 0.05) is 28.8 Å². The number of carbonyl (C=O) groups excluding carboxylic acids is 1. The van der Waals surface area contributed by atoms with Crippen molar-refractivity contribution in [1.29, 1.82) is 0 Å². The summed E-state index contributed by atoms with van der Waals surface area (Å²) in [5, 5.41) is 2.92. The maximum absolute atomic E-state index is 11.4. The SMILES string of the molecule is CCOCC(=O)NC(C)Cc1ccc(C)s1. The van der Waals surface area contributed by atoms with Crippen LogP contribution in [0, 0.1) is 6.92 Å². The minimum Gasteiger partial charge on any atom is -0.372 e. The third kappa shape index (κ3) is 4.77. The second-order valence-corrected chi connectivity index (χ2v) is 5.19. The Balaban J connectivity index is 2.30. The van der Waals surface area contributed by atoms with E-state index in [0.29, 0.717) is 6.61 Å². The van der Waals surface area contributed by atoms with Crippen molar-refractivity contribution < 1.29 is 9.53 Å². The molecule has 0 fully saturated rings. The monoisotopic (exact) mass is 241 g/mol. The summed E-state index contributed by atoms with van der Waals surface area (Å²) in [6.07, 6.45) is 0.885. The second-order valence-electron chi connectivity index (χ2n) is 3.82. The van der Waals surface area contributed by atoms with Gasteiger partial charge in [-0.15, -0.1) is 11.3 Å². The van der Waals surface area contributed by atoms with Crippen molar-refractivity contribution in [2.24, 2.45) is 0 Å². The highest BCUT2D eigenvalue weighted by atomic mass is 32.1. The third-order valence-electron chi connectivity index (χ3n) is 2.15. The van der Waals surface area contributed by atoms with E-state index in [1.807, 2.05) is 13.8 Å². The minimum absolute atomic E-state index is 0.0392. The van der Waals surface area contributed by atoms with Gasteiger partial charge in [-0.25, -0.2) is 0 Å². The molecule has 90 valence electrons. The summed E-state index contributed by atoms with van der Waals surface area (Å²) in [7, 11) is 0. The van der Waals surface area contributed by atoms with Crippen LogP contribution in [0.25, 0.3) is 0 Å². The molecule has 3 nitrogen and oxygen atoms in total. The molecule has 0 aliphatic rings. The van der Waals surface area contributed by atoms with Crippen molar-refractivity contribution in [2.45, 2.75) is 33.2 Å². The number of thiophene rings is 1. The van der Waals surface area contributed by atoms with Crippen LogP contribution in [0.15, 0.2) is 12.1 Å². The average Bonchev–Trinajstić information content (AvgIpc) is 2.60. The molecule has 0 saturated heterocycles. The second kappa shape index (κ2) is 6.66. The number of hydrogen-bond donors (Lipinski definition) is 1. The van der Waals surface area contributed by atoms with Gasteiger partial charge in [0.2, 0.25) is 5.91 Å². The van der Waals surface area contributed by atoms with Crippen LogP contribution in [0.2, 0.25) is 0 Å². The number of amides is 1. The Labute approximate surface area is 101 Å². The van der Waals surface area contributed by atoms with Crippen LogP contribution in [0.5, 0.6) is 0 Å². The van der Waals surface area contributed by atoms with E-state index < -0.39 is 0 Å². The number of rotatable bonds is 6. The zero-order chi connectivity index (χ0) is 12.0. The third-order valence-corrected chi connectivity index (χ3v) is 3.17. The molecule has 0 aromatic carbocycles. The van der Waals surface area contributed by atoms with Crippen LogP contribution < -0.4 is 5.32 Å². The predicted octanol–water partition coefficient (Wildman–Crippen LogP) is 2.14. The highest BCUT2D eigenvalue weighted by molar-refractivity contribution is 7.11. The summed E-state index contributed by atoms with van der Waals surface area (Å²) in [5.74, 6) is -0.0392. The van der Waals surface area contributed by atoms with Crippen molar-refractivity contribution in [3.63, 3.8) is 0 Å². The molecule has 0 aliphatic carbocycles. The van der Waals surface area contributed by atoms with Crippen molar-refractivity contribution in [1.82, 2.24) is 5.32 Å². The molecular formula is C12H19NO2S. The predicted molar refractivity (Wildman–Crippen MR) is 66.9 cm³/mol. The highest BCUT2D eigenvalue weighted by Gasteiger charge is 2.08. The van der Waals surface area contributed by atoms with E-state index in [-0.39, 0.29) is 18.6 Å². The Morgan fingerprint density at radius 3 is 2.88 bits per heavy atom. The molecule has 1 N–H and O–H groups in total. The lowest BCUT2D eigenvalue weighted by Gasteiger charge is -2.12. The molecule has 4 heteroatoms. The number of ether oxygens (including phenoxy) is 1. The molecule has 0 aliphatic heterocycles. The lowest BCUT2D eigenvalue weighted by molar-refractivity contribution is -0.126. The van der Waals surface area contributed by atoms with E-state index in [1.165, 1.54) is 9.75 Å². The summed E-state index contributed by atoms with van der Waals surface area (Å²) in [6, 6.07) is 4.38. The van der Waals surface area contributed by atoms with Crippen LogP contribution in [0.3, 0.4) is 0 Å². The molecule has 1 unspecified atom stereocenters. The molecule has 0 radical (unpaired) electrons. The Kier molecular flexibility index (Phi) is 5.49. The number of nitrogens with one attached hydrogen (secondary N) is 1. The fourth-order valence-corrected chi connectivity index (χ4v) is 2.48. The molecule has 16 heavy (non-hydrogen) atoms. The normalized spacial score (nSPS) is 12.4. The van der Waals surface area contributed by atoms with Gasteiger partial charge in [0.15, 0.2) is 0 Å². The maximum Gasteiger partial charge on any atom is 0.246 e. The highest BCUT2D eigenvalue weighted by Crippen LogP contribution is 2.16. The Morgan fingerprint density at radius 1 is 1.56 bits per heavy atom. The van der Waals surface area contributed by atoms with Gasteiger partial charge in [-0.2, -0.15) is 0 Å². The summed E-state index contributed by atoms with van der Waals surface area (Å²) in [6.45, 7) is 6.72. The van der Waals surface area contributed by atoms with Crippen molar-refractivity contribution in [3.05, 3.63) is 21.9 Å². The van der Waals surface area contributed by atoms with Crippen LogP contribution in [0.1, 0.15) is 23.6 Å². The first-order valence-electron chi connectivity index (χ1n) is 5.54. The molecule has 1 rings (SSSR count). The first-order valence-corrected chi connectivity index (χ1v) is 6.36. The van der Waals surface area contributed by atoms with E-state index in [4.69, 9.17) is 4.74 Å². The zero-order valence-electron chi connectivity index (χ0n) is 10.1. The summed E-state index contributed by atoms with van der Waals surface area (Å²) >= 11 is 1.78. The van der Waals surface area contributed by atoms with Crippen LogP contribution in [-0.2, 0) is 16.0 Å².